The molecule has 0 atom stereocenters. The van der Waals surface area contributed by atoms with Crippen LogP contribution in [-0.2, 0) is 16.0 Å². The molecule has 0 unspecified atom stereocenters. The number of ether oxygens (including phenoxy) is 1. The molecular formula is C17H21ClN2O3. The Morgan fingerprint density at radius 2 is 2.22 bits per heavy atom. The van der Waals surface area contributed by atoms with Crippen molar-refractivity contribution in [2.24, 2.45) is 0 Å². The van der Waals surface area contributed by atoms with Crippen LogP contribution >= 0.6 is 11.6 Å². The van der Waals surface area contributed by atoms with Crippen LogP contribution in [0.1, 0.15) is 24.3 Å². The number of carbonyl (C=O) groups is 1. The first-order chi connectivity index (χ1) is 11.1. The molecule has 0 bridgehead atoms. The van der Waals surface area contributed by atoms with Gasteiger partial charge >= 0.3 is 0 Å². The Morgan fingerprint density at radius 3 is 2.96 bits per heavy atom. The second-order valence-corrected chi connectivity index (χ2v) is 5.70. The van der Waals surface area contributed by atoms with Crippen LogP contribution in [0.4, 0.5) is 0 Å². The Labute approximate surface area is 141 Å². The summed E-state index contributed by atoms with van der Waals surface area (Å²) >= 11 is 5.98. The third kappa shape index (κ3) is 5.37. The van der Waals surface area contributed by atoms with Crippen LogP contribution in [-0.4, -0.2) is 31.2 Å². The third-order valence-corrected chi connectivity index (χ3v) is 3.62. The minimum Gasteiger partial charge on any atom is -0.441 e. The van der Waals surface area contributed by atoms with Crippen LogP contribution in [0, 0.1) is 6.92 Å². The molecule has 1 amide bonds. The zero-order valence-corrected chi connectivity index (χ0v) is 14.2. The van der Waals surface area contributed by atoms with Gasteiger partial charge in [0.15, 0.2) is 0 Å². The fourth-order valence-electron chi connectivity index (χ4n) is 2.15. The fourth-order valence-corrected chi connectivity index (χ4v) is 2.34. The molecule has 0 saturated heterocycles. The topological polar surface area (TPSA) is 64.4 Å². The van der Waals surface area contributed by atoms with E-state index in [-0.39, 0.29) is 12.3 Å². The highest BCUT2D eigenvalue weighted by atomic mass is 35.5. The third-order valence-electron chi connectivity index (χ3n) is 3.39. The molecule has 1 aromatic heterocycles. The van der Waals surface area contributed by atoms with Gasteiger partial charge < -0.3 is 14.5 Å². The van der Waals surface area contributed by atoms with E-state index in [0.29, 0.717) is 35.5 Å². The van der Waals surface area contributed by atoms with Crippen LogP contribution < -0.4 is 5.32 Å². The van der Waals surface area contributed by atoms with Gasteiger partial charge in [-0.05, 0) is 38.0 Å². The van der Waals surface area contributed by atoms with Gasteiger partial charge in [-0.2, -0.15) is 0 Å². The van der Waals surface area contributed by atoms with E-state index >= 15 is 0 Å². The SMILES string of the molecule is COCCCCNC(=O)Cc1nc(-c2cccc(Cl)c2)oc1C. The summed E-state index contributed by atoms with van der Waals surface area (Å²) in [7, 11) is 1.67. The predicted octanol–water partition coefficient (Wildman–Crippen LogP) is 3.39. The molecule has 0 fully saturated rings. The van der Waals surface area contributed by atoms with Gasteiger partial charge in [-0.1, -0.05) is 17.7 Å². The highest BCUT2D eigenvalue weighted by molar-refractivity contribution is 6.30. The zero-order chi connectivity index (χ0) is 16.7. The summed E-state index contributed by atoms with van der Waals surface area (Å²) in [4.78, 5) is 16.4. The molecule has 2 rings (SSSR count). The molecule has 1 aromatic carbocycles. The largest absolute Gasteiger partial charge is 0.441 e. The van der Waals surface area contributed by atoms with Crippen LogP contribution in [0.5, 0.6) is 0 Å². The van der Waals surface area contributed by atoms with E-state index in [4.69, 9.17) is 20.8 Å². The first-order valence-corrected chi connectivity index (χ1v) is 7.96. The Hall–Kier alpha value is -1.85. The number of nitrogens with one attached hydrogen (secondary N) is 1. The van der Waals surface area contributed by atoms with Crippen molar-refractivity contribution in [3.05, 3.63) is 40.7 Å². The summed E-state index contributed by atoms with van der Waals surface area (Å²) < 4.78 is 10.6. The summed E-state index contributed by atoms with van der Waals surface area (Å²) in [6, 6.07) is 7.28. The molecule has 0 spiro atoms. The molecule has 2 aromatic rings. The maximum atomic E-state index is 12.0. The standard InChI is InChI=1S/C17H21ClN2O3/c1-12-15(11-16(21)19-8-3-4-9-22-2)20-17(23-12)13-6-5-7-14(18)10-13/h5-7,10H,3-4,8-9,11H2,1-2H3,(H,19,21). The normalized spacial score (nSPS) is 10.7. The van der Waals surface area contributed by atoms with Gasteiger partial charge in [0.25, 0.3) is 0 Å². The number of amides is 1. The number of carbonyl (C=O) groups excluding carboxylic acids is 1. The fraction of sp³-hybridized carbons (Fsp3) is 0.412. The summed E-state index contributed by atoms with van der Waals surface area (Å²) in [5.41, 5.74) is 1.45. The van der Waals surface area contributed by atoms with Crippen LogP contribution in [0.3, 0.4) is 0 Å². The van der Waals surface area contributed by atoms with Gasteiger partial charge in [-0.25, -0.2) is 4.98 Å². The monoisotopic (exact) mass is 336 g/mol. The number of benzene rings is 1. The van der Waals surface area contributed by atoms with E-state index in [1.807, 2.05) is 19.1 Å². The zero-order valence-electron chi connectivity index (χ0n) is 13.4. The molecular weight excluding hydrogens is 316 g/mol. The number of aryl methyl sites for hydroxylation is 1. The Bertz CT molecular complexity index is 655. The quantitative estimate of drug-likeness (QED) is 0.750. The van der Waals surface area contributed by atoms with Crippen molar-refractivity contribution in [2.75, 3.05) is 20.3 Å². The average molecular weight is 337 g/mol. The van der Waals surface area contributed by atoms with E-state index in [2.05, 4.69) is 10.3 Å². The number of unbranched alkanes of at least 4 members (excludes halogenated alkanes) is 1. The Kier molecular flexibility index (Phi) is 6.62. The summed E-state index contributed by atoms with van der Waals surface area (Å²) in [6.07, 6.45) is 2.03. The van der Waals surface area contributed by atoms with Gasteiger partial charge in [0.2, 0.25) is 11.8 Å². The highest BCUT2D eigenvalue weighted by Crippen LogP contribution is 2.24. The van der Waals surface area contributed by atoms with Crippen molar-refractivity contribution >= 4 is 17.5 Å². The molecule has 0 aliphatic rings. The number of methoxy groups -OCH3 is 1. The first-order valence-electron chi connectivity index (χ1n) is 7.58. The van der Waals surface area contributed by atoms with E-state index in [1.165, 1.54) is 0 Å². The Morgan fingerprint density at radius 1 is 1.39 bits per heavy atom. The maximum absolute atomic E-state index is 12.0. The number of rotatable bonds is 8. The molecule has 6 heteroatoms. The number of halogens is 1. The molecule has 0 saturated carbocycles. The average Bonchev–Trinajstić information content (AvgIpc) is 2.88. The van der Waals surface area contributed by atoms with Gasteiger partial charge in [0, 0.05) is 30.8 Å². The van der Waals surface area contributed by atoms with Crippen LogP contribution in [0.25, 0.3) is 11.5 Å². The highest BCUT2D eigenvalue weighted by Gasteiger charge is 2.14. The summed E-state index contributed by atoms with van der Waals surface area (Å²) in [5, 5.41) is 3.50. The predicted molar refractivity (Wildman–Crippen MR) is 89.5 cm³/mol. The second kappa shape index (κ2) is 8.70. The molecule has 124 valence electrons. The molecule has 0 aliphatic heterocycles. The minimum absolute atomic E-state index is 0.0588. The second-order valence-electron chi connectivity index (χ2n) is 5.26. The lowest BCUT2D eigenvalue weighted by molar-refractivity contribution is -0.120. The maximum Gasteiger partial charge on any atom is 0.226 e. The lowest BCUT2D eigenvalue weighted by Crippen LogP contribution is -2.26. The summed E-state index contributed by atoms with van der Waals surface area (Å²) in [6.45, 7) is 3.16. The first kappa shape index (κ1) is 17.5. The smallest absolute Gasteiger partial charge is 0.226 e. The van der Waals surface area contributed by atoms with Gasteiger partial charge in [0.1, 0.15) is 5.76 Å². The molecule has 1 N–H and O–H groups in total. The molecule has 5 nitrogen and oxygen atoms in total. The van der Waals surface area contributed by atoms with E-state index in [1.54, 1.807) is 19.2 Å². The number of nitrogens with zero attached hydrogens (tertiary/aromatic N) is 1. The molecule has 1 heterocycles. The molecule has 0 radical (unpaired) electrons. The lowest BCUT2D eigenvalue weighted by Gasteiger charge is -2.03. The van der Waals surface area contributed by atoms with Crippen molar-refractivity contribution in [3.63, 3.8) is 0 Å². The number of oxazole rings is 1. The van der Waals surface area contributed by atoms with Crippen molar-refractivity contribution in [1.29, 1.82) is 0 Å². The Balaban J connectivity index is 1.92. The van der Waals surface area contributed by atoms with E-state index < -0.39 is 0 Å². The van der Waals surface area contributed by atoms with Crippen molar-refractivity contribution in [1.82, 2.24) is 10.3 Å². The van der Waals surface area contributed by atoms with E-state index in [9.17, 15) is 4.79 Å². The lowest BCUT2D eigenvalue weighted by atomic mass is 10.2. The van der Waals surface area contributed by atoms with Crippen LogP contribution in [0.2, 0.25) is 5.02 Å². The van der Waals surface area contributed by atoms with Crippen molar-refractivity contribution in [3.8, 4) is 11.5 Å². The molecule has 23 heavy (non-hydrogen) atoms. The minimum atomic E-state index is -0.0588. The van der Waals surface area contributed by atoms with E-state index in [0.717, 1.165) is 18.4 Å². The number of aromatic nitrogens is 1. The number of hydrogen-bond acceptors (Lipinski definition) is 4. The van der Waals surface area contributed by atoms with Crippen LogP contribution in [0.15, 0.2) is 28.7 Å². The van der Waals surface area contributed by atoms with Gasteiger partial charge in [-0.15, -0.1) is 0 Å². The van der Waals surface area contributed by atoms with Crippen molar-refractivity contribution in [2.45, 2.75) is 26.2 Å². The van der Waals surface area contributed by atoms with Gasteiger partial charge in [0.05, 0.1) is 12.1 Å². The molecule has 0 aliphatic carbocycles. The summed E-state index contributed by atoms with van der Waals surface area (Å²) in [5.74, 6) is 1.07. The number of hydrogen-bond donors (Lipinski definition) is 1. The van der Waals surface area contributed by atoms with Gasteiger partial charge in [-0.3, -0.25) is 4.79 Å². The van der Waals surface area contributed by atoms with Crippen molar-refractivity contribution < 1.29 is 13.9 Å².